The van der Waals surface area contributed by atoms with Crippen molar-refractivity contribution in [2.24, 2.45) is 0 Å². The molecule has 2 rings (SSSR count). The lowest BCUT2D eigenvalue weighted by atomic mass is 10.3. The smallest absolute Gasteiger partial charge is 0.232 e. The summed E-state index contributed by atoms with van der Waals surface area (Å²) in [4.78, 5) is 10.5. The highest BCUT2D eigenvalue weighted by Gasteiger charge is 2.10. The molecule has 1 aromatic heterocycles. The maximum absolute atomic E-state index is 5.16. The van der Waals surface area contributed by atoms with E-state index in [0.717, 1.165) is 15.9 Å². The number of benzene rings is 1. The topological polar surface area (TPSA) is 47.5 Å². The van der Waals surface area contributed by atoms with Crippen molar-refractivity contribution in [1.29, 1.82) is 0 Å². The molecule has 100 valence electrons. The van der Waals surface area contributed by atoms with E-state index >= 15 is 0 Å². The molecule has 0 aliphatic carbocycles. The van der Waals surface area contributed by atoms with Gasteiger partial charge in [0.25, 0.3) is 0 Å². The van der Waals surface area contributed by atoms with Crippen LogP contribution in [0.15, 0.2) is 34.9 Å². The van der Waals surface area contributed by atoms with E-state index in [9.17, 15) is 0 Å². The molecule has 2 aromatic rings. The maximum Gasteiger partial charge on any atom is 0.232 e. The number of aromatic nitrogens is 2. The minimum Gasteiger partial charge on any atom is -0.497 e. The standard InChI is InChI=1S/C13H14BrN3O2/c1-17(9-4-6-10(18-2)7-5-9)13-15-8-11(14)12(16-13)19-3/h4-8H,1-3H3. The van der Waals surface area contributed by atoms with Gasteiger partial charge in [-0.05, 0) is 40.2 Å². The molecule has 0 spiro atoms. The Kier molecular flexibility index (Phi) is 4.21. The molecule has 0 aliphatic heterocycles. The number of nitrogens with zero attached hydrogens (tertiary/aromatic N) is 3. The van der Waals surface area contributed by atoms with Crippen LogP contribution in [0.4, 0.5) is 11.6 Å². The first-order valence-corrected chi connectivity index (χ1v) is 6.39. The van der Waals surface area contributed by atoms with Crippen LogP contribution < -0.4 is 14.4 Å². The molecule has 0 amide bonds. The largest absolute Gasteiger partial charge is 0.497 e. The van der Waals surface area contributed by atoms with Crippen LogP contribution in [0.5, 0.6) is 11.6 Å². The summed E-state index contributed by atoms with van der Waals surface area (Å²) in [6.07, 6.45) is 1.67. The zero-order valence-corrected chi connectivity index (χ0v) is 12.5. The Hall–Kier alpha value is -1.82. The molecule has 0 saturated carbocycles. The van der Waals surface area contributed by atoms with Gasteiger partial charge in [-0.3, -0.25) is 0 Å². The summed E-state index contributed by atoms with van der Waals surface area (Å²) in [5.41, 5.74) is 0.963. The summed E-state index contributed by atoms with van der Waals surface area (Å²) in [5.74, 6) is 1.88. The molecule has 19 heavy (non-hydrogen) atoms. The van der Waals surface area contributed by atoms with Crippen molar-refractivity contribution in [2.45, 2.75) is 0 Å². The molecular formula is C13H14BrN3O2. The maximum atomic E-state index is 5.16. The third kappa shape index (κ3) is 2.96. The highest BCUT2D eigenvalue weighted by atomic mass is 79.9. The Labute approximate surface area is 120 Å². The van der Waals surface area contributed by atoms with Crippen LogP contribution in [-0.2, 0) is 0 Å². The summed E-state index contributed by atoms with van der Waals surface area (Å²) in [6.45, 7) is 0. The Morgan fingerprint density at radius 1 is 1.11 bits per heavy atom. The second kappa shape index (κ2) is 5.88. The fourth-order valence-electron chi connectivity index (χ4n) is 1.57. The lowest BCUT2D eigenvalue weighted by Gasteiger charge is -2.18. The molecule has 0 fully saturated rings. The highest BCUT2D eigenvalue weighted by Crippen LogP contribution is 2.27. The van der Waals surface area contributed by atoms with Gasteiger partial charge in [-0.15, -0.1) is 0 Å². The third-order valence-electron chi connectivity index (χ3n) is 2.65. The summed E-state index contributed by atoms with van der Waals surface area (Å²) in [5, 5.41) is 0. The van der Waals surface area contributed by atoms with Crippen LogP contribution in [0.2, 0.25) is 0 Å². The van der Waals surface area contributed by atoms with Crippen molar-refractivity contribution >= 4 is 27.6 Å². The van der Waals surface area contributed by atoms with Gasteiger partial charge in [0.15, 0.2) is 0 Å². The molecule has 0 saturated heterocycles. The first-order chi connectivity index (χ1) is 9.15. The van der Waals surface area contributed by atoms with E-state index in [0.29, 0.717) is 11.8 Å². The molecule has 1 aromatic carbocycles. The molecule has 0 aliphatic rings. The van der Waals surface area contributed by atoms with Gasteiger partial charge in [-0.25, -0.2) is 4.98 Å². The quantitative estimate of drug-likeness (QED) is 0.865. The predicted molar refractivity (Wildman–Crippen MR) is 77.3 cm³/mol. The summed E-state index contributed by atoms with van der Waals surface area (Å²) in [7, 11) is 5.11. The van der Waals surface area contributed by atoms with Gasteiger partial charge in [0.1, 0.15) is 5.75 Å². The summed E-state index contributed by atoms with van der Waals surface area (Å²) >= 11 is 3.33. The molecule has 5 nitrogen and oxygen atoms in total. The Balaban J connectivity index is 2.29. The molecule has 1 heterocycles. The molecule has 0 bridgehead atoms. The van der Waals surface area contributed by atoms with Crippen molar-refractivity contribution in [3.63, 3.8) is 0 Å². The SMILES string of the molecule is COc1ccc(N(C)c2ncc(Br)c(OC)n2)cc1. The molecule has 0 radical (unpaired) electrons. The van der Waals surface area contributed by atoms with Crippen molar-refractivity contribution in [2.75, 3.05) is 26.2 Å². The zero-order valence-electron chi connectivity index (χ0n) is 10.9. The molecule has 6 heteroatoms. The predicted octanol–water partition coefficient (Wildman–Crippen LogP) is 3.02. The van der Waals surface area contributed by atoms with E-state index < -0.39 is 0 Å². The number of ether oxygens (including phenoxy) is 2. The number of rotatable bonds is 4. The van der Waals surface area contributed by atoms with Crippen LogP contribution >= 0.6 is 15.9 Å². The number of halogens is 1. The first-order valence-electron chi connectivity index (χ1n) is 5.60. The number of anilines is 2. The van der Waals surface area contributed by atoms with E-state index in [-0.39, 0.29) is 0 Å². The highest BCUT2D eigenvalue weighted by molar-refractivity contribution is 9.10. The zero-order chi connectivity index (χ0) is 13.8. The van der Waals surface area contributed by atoms with Crippen LogP contribution in [0.3, 0.4) is 0 Å². The van der Waals surface area contributed by atoms with Crippen molar-refractivity contribution in [3.05, 3.63) is 34.9 Å². The van der Waals surface area contributed by atoms with Gasteiger partial charge < -0.3 is 14.4 Å². The van der Waals surface area contributed by atoms with E-state index in [1.807, 2.05) is 36.2 Å². The van der Waals surface area contributed by atoms with Gasteiger partial charge in [0.05, 0.1) is 24.9 Å². The average Bonchev–Trinajstić information content (AvgIpc) is 2.47. The van der Waals surface area contributed by atoms with Crippen molar-refractivity contribution < 1.29 is 9.47 Å². The second-order valence-corrected chi connectivity index (χ2v) is 4.64. The average molecular weight is 324 g/mol. The Morgan fingerprint density at radius 2 is 1.79 bits per heavy atom. The lowest BCUT2D eigenvalue weighted by molar-refractivity contribution is 0.394. The van der Waals surface area contributed by atoms with Crippen LogP contribution in [0.25, 0.3) is 0 Å². The van der Waals surface area contributed by atoms with E-state index in [2.05, 4.69) is 25.9 Å². The van der Waals surface area contributed by atoms with E-state index in [4.69, 9.17) is 9.47 Å². The fourth-order valence-corrected chi connectivity index (χ4v) is 1.92. The van der Waals surface area contributed by atoms with Gasteiger partial charge in [0, 0.05) is 12.7 Å². The number of hydrogen-bond donors (Lipinski definition) is 0. The second-order valence-electron chi connectivity index (χ2n) is 3.78. The number of hydrogen-bond acceptors (Lipinski definition) is 5. The fraction of sp³-hybridized carbons (Fsp3) is 0.231. The van der Waals surface area contributed by atoms with Crippen LogP contribution in [0, 0.1) is 0 Å². The van der Waals surface area contributed by atoms with Gasteiger partial charge in [0.2, 0.25) is 11.8 Å². The molecule has 0 unspecified atom stereocenters. The van der Waals surface area contributed by atoms with Gasteiger partial charge >= 0.3 is 0 Å². The lowest BCUT2D eigenvalue weighted by Crippen LogP contribution is -2.13. The normalized spacial score (nSPS) is 10.1. The molecule has 0 atom stereocenters. The first kappa shape index (κ1) is 13.6. The van der Waals surface area contributed by atoms with Crippen molar-refractivity contribution in [1.82, 2.24) is 9.97 Å². The van der Waals surface area contributed by atoms with Crippen LogP contribution in [0.1, 0.15) is 0 Å². The van der Waals surface area contributed by atoms with E-state index in [1.165, 1.54) is 0 Å². The van der Waals surface area contributed by atoms with E-state index in [1.54, 1.807) is 20.4 Å². The van der Waals surface area contributed by atoms with Crippen molar-refractivity contribution in [3.8, 4) is 11.6 Å². The van der Waals surface area contributed by atoms with Gasteiger partial charge in [-0.2, -0.15) is 4.98 Å². The molecule has 0 N–H and O–H groups in total. The minimum absolute atomic E-state index is 0.505. The Bertz CT molecular complexity index is 560. The summed E-state index contributed by atoms with van der Waals surface area (Å²) in [6, 6.07) is 7.66. The molecular weight excluding hydrogens is 310 g/mol. The summed E-state index contributed by atoms with van der Waals surface area (Å²) < 4.78 is 11.0. The van der Waals surface area contributed by atoms with Gasteiger partial charge in [-0.1, -0.05) is 0 Å². The number of methoxy groups -OCH3 is 2. The third-order valence-corrected chi connectivity index (χ3v) is 3.20. The Morgan fingerprint density at radius 3 is 2.37 bits per heavy atom. The van der Waals surface area contributed by atoms with Crippen LogP contribution in [-0.4, -0.2) is 31.2 Å². The monoisotopic (exact) mass is 323 g/mol. The minimum atomic E-state index is 0.505.